The van der Waals surface area contributed by atoms with Gasteiger partial charge in [0.05, 0.1) is 12.1 Å². The van der Waals surface area contributed by atoms with Crippen molar-refractivity contribution in [3.8, 4) is 17.2 Å². The Morgan fingerprint density at radius 1 is 0.933 bits per heavy atom. The monoisotopic (exact) mass is 402 g/mol. The van der Waals surface area contributed by atoms with Gasteiger partial charge in [0.15, 0.2) is 0 Å². The van der Waals surface area contributed by atoms with Crippen LogP contribution < -0.4 is 20.1 Å². The Bertz CT molecular complexity index is 1050. The molecule has 0 bridgehead atoms. The molecule has 2 amide bonds. The van der Waals surface area contributed by atoms with Crippen molar-refractivity contribution in [2.45, 2.75) is 12.8 Å². The highest BCUT2D eigenvalue weighted by Crippen LogP contribution is 2.27. The molecular weight excluding hydrogens is 380 g/mol. The lowest BCUT2D eigenvalue weighted by Gasteiger charge is -2.17. The molecule has 0 aliphatic carbocycles. The molecule has 152 valence electrons. The number of para-hydroxylation sites is 2. The van der Waals surface area contributed by atoms with E-state index in [1.165, 1.54) is 0 Å². The summed E-state index contributed by atoms with van der Waals surface area (Å²) in [6, 6.07) is 22.1. The third-order valence-electron chi connectivity index (χ3n) is 4.73. The Labute approximate surface area is 174 Å². The number of fused-ring (bicyclic) bond motifs is 1. The van der Waals surface area contributed by atoms with Crippen LogP contribution >= 0.6 is 0 Å². The zero-order valence-corrected chi connectivity index (χ0v) is 16.4. The predicted molar refractivity (Wildman–Crippen MR) is 114 cm³/mol. The molecule has 0 spiro atoms. The van der Waals surface area contributed by atoms with Gasteiger partial charge in [-0.1, -0.05) is 30.3 Å². The first-order valence-electron chi connectivity index (χ1n) is 9.85. The van der Waals surface area contributed by atoms with Gasteiger partial charge in [-0.25, -0.2) is 0 Å². The molecule has 0 radical (unpaired) electrons. The van der Waals surface area contributed by atoms with Crippen LogP contribution in [0.1, 0.15) is 22.3 Å². The number of ether oxygens (including phenoxy) is 2. The molecule has 1 aliphatic rings. The fourth-order valence-corrected chi connectivity index (χ4v) is 3.24. The lowest BCUT2D eigenvalue weighted by Crippen LogP contribution is -2.28. The molecule has 30 heavy (non-hydrogen) atoms. The van der Waals surface area contributed by atoms with E-state index in [0.29, 0.717) is 48.8 Å². The van der Waals surface area contributed by atoms with Crippen LogP contribution in [0.25, 0.3) is 0 Å². The lowest BCUT2D eigenvalue weighted by molar-refractivity contribution is -0.116. The number of hydrogen-bond acceptors (Lipinski definition) is 4. The molecule has 2 N–H and O–H groups in total. The van der Waals surface area contributed by atoms with Crippen molar-refractivity contribution in [2.24, 2.45) is 0 Å². The molecule has 0 saturated carbocycles. The standard InChI is InChI=1S/C24H22N2O4/c27-23-13-10-17-16-19(11-12-21(17)26-23)29-15-14-25-24(28)20-8-4-5-9-22(20)30-18-6-2-1-3-7-18/h1-9,11-12,16H,10,13-15H2,(H,25,28)(H,26,27). The Morgan fingerprint density at radius 2 is 1.73 bits per heavy atom. The number of nitrogens with one attached hydrogen (secondary N) is 2. The number of benzene rings is 3. The summed E-state index contributed by atoms with van der Waals surface area (Å²) in [5.74, 6) is 1.70. The zero-order chi connectivity index (χ0) is 20.8. The van der Waals surface area contributed by atoms with Crippen molar-refractivity contribution in [3.63, 3.8) is 0 Å². The summed E-state index contributed by atoms with van der Waals surface area (Å²) >= 11 is 0. The molecule has 0 saturated heterocycles. The Hall–Kier alpha value is -3.80. The first-order chi connectivity index (χ1) is 14.7. The maximum atomic E-state index is 12.6. The molecule has 0 fully saturated rings. The largest absolute Gasteiger partial charge is 0.492 e. The van der Waals surface area contributed by atoms with Crippen LogP contribution in [0.5, 0.6) is 17.2 Å². The van der Waals surface area contributed by atoms with E-state index in [2.05, 4.69) is 10.6 Å². The van der Waals surface area contributed by atoms with Crippen molar-refractivity contribution >= 4 is 17.5 Å². The van der Waals surface area contributed by atoms with Gasteiger partial charge in [-0.2, -0.15) is 0 Å². The highest BCUT2D eigenvalue weighted by molar-refractivity contribution is 5.97. The van der Waals surface area contributed by atoms with E-state index in [9.17, 15) is 9.59 Å². The molecule has 3 aromatic carbocycles. The average Bonchev–Trinajstić information content (AvgIpc) is 2.77. The van der Waals surface area contributed by atoms with Gasteiger partial charge in [-0.05, 0) is 54.4 Å². The Balaban J connectivity index is 1.31. The Morgan fingerprint density at radius 3 is 2.60 bits per heavy atom. The van der Waals surface area contributed by atoms with Crippen molar-refractivity contribution < 1.29 is 19.1 Å². The van der Waals surface area contributed by atoms with E-state index in [1.54, 1.807) is 18.2 Å². The molecule has 0 atom stereocenters. The van der Waals surface area contributed by atoms with Gasteiger partial charge < -0.3 is 20.1 Å². The van der Waals surface area contributed by atoms with Gasteiger partial charge in [-0.3, -0.25) is 9.59 Å². The highest BCUT2D eigenvalue weighted by atomic mass is 16.5. The van der Waals surface area contributed by atoms with E-state index in [0.717, 1.165) is 11.3 Å². The first-order valence-corrected chi connectivity index (χ1v) is 9.85. The van der Waals surface area contributed by atoms with Crippen molar-refractivity contribution in [3.05, 3.63) is 83.9 Å². The number of carbonyl (C=O) groups excluding carboxylic acids is 2. The molecule has 0 aromatic heterocycles. The van der Waals surface area contributed by atoms with E-state index >= 15 is 0 Å². The second-order valence-corrected chi connectivity index (χ2v) is 6.88. The SMILES string of the molecule is O=C1CCc2cc(OCCNC(=O)c3ccccc3Oc3ccccc3)ccc2N1. The summed E-state index contributed by atoms with van der Waals surface area (Å²) in [6.45, 7) is 0.685. The average molecular weight is 402 g/mol. The van der Waals surface area contributed by atoms with E-state index in [-0.39, 0.29) is 11.8 Å². The predicted octanol–water partition coefficient (Wildman–Crippen LogP) is 4.17. The van der Waals surface area contributed by atoms with Gasteiger partial charge in [0.25, 0.3) is 5.91 Å². The molecule has 6 nitrogen and oxygen atoms in total. The van der Waals surface area contributed by atoms with Crippen LogP contribution in [0.15, 0.2) is 72.8 Å². The van der Waals surface area contributed by atoms with Gasteiger partial charge in [0.2, 0.25) is 5.91 Å². The third kappa shape index (κ3) is 4.78. The van der Waals surface area contributed by atoms with E-state index in [1.807, 2.05) is 54.6 Å². The number of hydrogen-bond donors (Lipinski definition) is 2. The smallest absolute Gasteiger partial charge is 0.255 e. The van der Waals surface area contributed by atoms with Gasteiger partial charge in [0, 0.05) is 12.1 Å². The minimum absolute atomic E-state index is 0.0374. The molecular formula is C24H22N2O4. The summed E-state index contributed by atoms with van der Waals surface area (Å²) in [6.07, 6.45) is 1.18. The number of amides is 2. The third-order valence-corrected chi connectivity index (χ3v) is 4.73. The van der Waals surface area contributed by atoms with E-state index < -0.39 is 0 Å². The first kappa shape index (κ1) is 19.5. The summed E-state index contributed by atoms with van der Waals surface area (Å²) in [4.78, 5) is 24.0. The maximum Gasteiger partial charge on any atom is 0.255 e. The highest BCUT2D eigenvalue weighted by Gasteiger charge is 2.15. The minimum atomic E-state index is -0.224. The fourth-order valence-electron chi connectivity index (χ4n) is 3.24. The summed E-state index contributed by atoms with van der Waals surface area (Å²) < 4.78 is 11.6. The zero-order valence-electron chi connectivity index (χ0n) is 16.4. The van der Waals surface area contributed by atoms with Crippen molar-refractivity contribution in [1.82, 2.24) is 5.32 Å². The quantitative estimate of drug-likeness (QED) is 0.582. The molecule has 3 aromatic rings. The van der Waals surface area contributed by atoms with Crippen molar-refractivity contribution in [1.29, 1.82) is 0 Å². The second kappa shape index (κ2) is 9.13. The van der Waals surface area contributed by atoms with Crippen molar-refractivity contribution in [2.75, 3.05) is 18.5 Å². The van der Waals surface area contributed by atoms with Gasteiger partial charge >= 0.3 is 0 Å². The van der Waals surface area contributed by atoms with Crippen LogP contribution in [-0.2, 0) is 11.2 Å². The van der Waals surface area contributed by atoms with Crippen LogP contribution in [0.4, 0.5) is 5.69 Å². The number of aryl methyl sites for hydroxylation is 1. The molecule has 4 rings (SSSR count). The molecule has 1 aliphatic heterocycles. The van der Waals surface area contributed by atoms with E-state index in [4.69, 9.17) is 9.47 Å². The van der Waals surface area contributed by atoms with Gasteiger partial charge in [-0.15, -0.1) is 0 Å². The lowest BCUT2D eigenvalue weighted by atomic mass is 10.0. The van der Waals surface area contributed by atoms with Gasteiger partial charge in [0.1, 0.15) is 23.9 Å². The van der Waals surface area contributed by atoms with Crippen LogP contribution in [-0.4, -0.2) is 25.0 Å². The summed E-state index contributed by atoms with van der Waals surface area (Å²) in [5.41, 5.74) is 2.36. The Kier molecular flexibility index (Phi) is 5.94. The molecule has 1 heterocycles. The molecule has 0 unspecified atom stereocenters. The number of carbonyl (C=O) groups is 2. The minimum Gasteiger partial charge on any atom is -0.492 e. The van der Waals surface area contributed by atoms with Crippen LogP contribution in [0, 0.1) is 0 Å². The maximum absolute atomic E-state index is 12.6. The normalized spacial score (nSPS) is 12.5. The number of anilines is 1. The second-order valence-electron chi connectivity index (χ2n) is 6.88. The fraction of sp³-hybridized carbons (Fsp3) is 0.167. The summed E-state index contributed by atoms with van der Waals surface area (Å²) in [7, 11) is 0. The van der Waals surface area contributed by atoms with Crippen LogP contribution in [0.3, 0.4) is 0 Å². The molecule has 6 heteroatoms. The van der Waals surface area contributed by atoms with Crippen LogP contribution in [0.2, 0.25) is 0 Å². The summed E-state index contributed by atoms with van der Waals surface area (Å²) in [5, 5.41) is 5.71. The number of rotatable bonds is 7. The topological polar surface area (TPSA) is 76.7 Å².